The zero-order chi connectivity index (χ0) is 17.2. The zero-order valence-electron chi connectivity index (χ0n) is 14.4. The van der Waals surface area contributed by atoms with E-state index >= 15 is 0 Å². The fraction of sp³-hybridized carbons (Fsp3) is 0.353. The molecule has 8 nitrogen and oxygen atoms in total. The largest absolute Gasteiger partial charge is 0.353 e. The summed E-state index contributed by atoms with van der Waals surface area (Å²) in [4.78, 5) is 13.3. The van der Waals surface area contributed by atoms with Crippen LogP contribution in [0.3, 0.4) is 0 Å². The maximum absolute atomic E-state index is 4.46. The van der Waals surface area contributed by atoms with Crippen LogP contribution in [0.2, 0.25) is 0 Å². The van der Waals surface area contributed by atoms with Crippen molar-refractivity contribution in [1.82, 2.24) is 29.9 Å². The molecule has 0 N–H and O–H groups in total. The SMILES string of the molecule is Cc1ncnc(N2CCN(c3ccc(-n4cccn4)nn3)CC2)c1C. The molecule has 0 unspecified atom stereocenters. The third kappa shape index (κ3) is 3.02. The molecule has 0 aliphatic carbocycles. The van der Waals surface area contributed by atoms with Crippen molar-refractivity contribution in [1.29, 1.82) is 0 Å². The third-order valence-electron chi connectivity index (χ3n) is 4.59. The molecule has 3 aromatic rings. The van der Waals surface area contributed by atoms with Crippen LogP contribution in [0, 0.1) is 13.8 Å². The second kappa shape index (κ2) is 6.46. The highest BCUT2D eigenvalue weighted by Crippen LogP contribution is 2.21. The molecule has 0 bridgehead atoms. The third-order valence-corrected chi connectivity index (χ3v) is 4.59. The van der Waals surface area contributed by atoms with Crippen LogP contribution in [0.4, 0.5) is 11.6 Å². The molecule has 128 valence electrons. The predicted molar refractivity (Wildman–Crippen MR) is 95.1 cm³/mol. The zero-order valence-corrected chi connectivity index (χ0v) is 14.4. The summed E-state index contributed by atoms with van der Waals surface area (Å²) in [6.45, 7) is 7.68. The van der Waals surface area contributed by atoms with Gasteiger partial charge in [-0.15, -0.1) is 10.2 Å². The highest BCUT2D eigenvalue weighted by molar-refractivity contribution is 5.50. The van der Waals surface area contributed by atoms with Gasteiger partial charge in [0.05, 0.1) is 0 Å². The van der Waals surface area contributed by atoms with Gasteiger partial charge in [-0.05, 0) is 32.0 Å². The standard InChI is InChI=1S/C17H20N8/c1-13-14(2)18-12-19-17(13)24-10-8-23(9-11-24)15-4-5-16(22-21-15)25-7-3-6-20-25/h3-7,12H,8-11H2,1-2H3. The number of aryl methyl sites for hydroxylation is 1. The Morgan fingerprint density at radius 3 is 2.28 bits per heavy atom. The summed E-state index contributed by atoms with van der Waals surface area (Å²) >= 11 is 0. The molecule has 0 saturated carbocycles. The molecule has 0 amide bonds. The summed E-state index contributed by atoms with van der Waals surface area (Å²) in [5.74, 6) is 2.65. The second-order valence-electron chi connectivity index (χ2n) is 6.08. The van der Waals surface area contributed by atoms with Crippen LogP contribution in [0.15, 0.2) is 36.9 Å². The summed E-state index contributed by atoms with van der Waals surface area (Å²) in [6, 6.07) is 5.81. The Labute approximate surface area is 146 Å². The van der Waals surface area contributed by atoms with E-state index in [1.807, 2.05) is 31.3 Å². The maximum atomic E-state index is 4.46. The Balaban J connectivity index is 1.44. The molecule has 8 heteroatoms. The number of rotatable bonds is 3. The van der Waals surface area contributed by atoms with Gasteiger partial charge in [0.15, 0.2) is 11.6 Å². The molecule has 1 fully saturated rings. The lowest BCUT2D eigenvalue weighted by Crippen LogP contribution is -2.47. The van der Waals surface area contributed by atoms with Crippen molar-refractivity contribution in [2.45, 2.75) is 13.8 Å². The summed E-state index contributed by atoms with van der Waals surface area (Å²) < 4.78 is 1.70. The number of hydrogen-bond acceptors (Lipinski definition) is 7. The van der Waals surface area contributed by atoms with E-state index in [-0.39, 0.29) is 0 Å². The van der Waals surface area contributed by atoms with Crippen molar-refractivity contribution in [2.75, 3.05) is 36.0 Å². The molecule has 25 heavy (non-hydrogen) atoms. The Bertz CT molecular complexity index is 836. The minimum Gasteiger partial charge on any atom is -0.353 e. The number of anilines is 2. The van der Waals surface area contributed by atoms with Gasteiger partial charge >= 0.3 is 0 Å². The van der Waals surface area contributed by atoms with Crippen molar-refractivity contribution in [3.63, 3.8) is 0 Å². The average molecular weight is 336 g/mol. The van der Waals surface area contributed by atoms with Crippen molar-refractivity contribution in [2.24, 2.45) is 0 Å². The van der Waals surface area contributed by atoms with Crippen LogP contribution in [-0.2, 0) is 0 Å². The van der Waals surface area contributed by atoms with E-state index in [0.29, 0.717) is 0 Å². The smallest absolute Gasteiger partial charge is 0.175 e. The highest BCUT2D eigenvalue weighted by Gasteiger charge is 2.21. The highest BCUT2D eigenvalue weighted by atomic mass is 15.4. The summed E-state index contributed by atoms with van der Waals surface area (Å²) in [6.07, 6.45) is 5.23. The Hall–Kier alpha value is -3.03. The van der Waals surface area contributed by atoms with Gasteiger partial charge in [-0.2, -0.15) is 5.10 Å². The van der Waals surface area contributed by atoms with Gasteiger partial charge in [0, 0.05) is 49.8 Å². The topological polar surface area (TPSA) is 75.9 Å². The first-order valence-corrected chi connectivity index (χ1v) is 8.34. The predicted octanol–water partition coefficient (Wildman–Crippen LogP) is 1.40. The van der Waals surface area contributed by atoms with E-state index in [2.05, 4.69) is 42.0 Å². The molecule has 4 heterocycles. The van der Waals surface area contributed by atoms with Gasteiger partial charge in [-0.3, -0.25) is 0 Å². The normalized spacial score (nSPS) is 14.8. The molecule has 1 saturated heterocycles. The van der Waals surface area contributed by atoms with E-state index in [0.717, 1.165) is 54.9 Å². The van der Waals surface area contributed by atoms with E-state index in [9.17, 15) is 0 Å². The first-order valence-electron chi connectivity index (χ1n) is 8.34. The molecule has 1 aliphatic rings. The minimum absolute atomic E-state index is 0.722. The molecule has 1 aliphatic heterocycles. The van der Waals surface area contributed by atoms with E-state index < -0.39 is 0 Å². The van der Waals surface area contributed by atoms with Gasteiger partial charge in [0.2, 0.25) is 0 Å². The first-order chi connectivity index (χ1) is 12.2. The molecule has 0 atom stereocenters. The van der Waals surface area contributed by atoms with Gasteiger partial charge in [0.25, 0.3) is 0 Å². The lowest BCUT2D eigenvalue weighted by Gasteiger charge is -2.36. The van der Waals surface area contributed by atoms with Crippen LogP contribution in [0.1, 0.15) is 11.3 Å². The number of aromatic nitrogens is 6. The Morgan fingerprint density at radius 1 is 0.880 bits per heavy atom. The van der Waals surface area contributed by atoms with E-state index in [4.69, 9.17) is 0 Å². The lowest BCUT2D eigenvalue weighted by atomic mass is 10.2. The number of nitrogens with zero attached hydrogens (tertiary/aromatic N) is 8. The van der Waals surface area contributed by atoms with Gasteiger partial charge in [-0.25, -0.2) is 14.6 Å². The number of piperazine rings is 1. The van der Waals surface area contributed by atoms with Crippen LogP contribution in [0.5, 0.6) is 0 Å². The molecule has 0 radical (unpaired) electrons. The molecular weight excluding hydrogens is 316 g/mol. The van der Waals surface area contributed by atoms with Crippen LogP contribution < -0.4 is 9.80 Å². The molecule has 3 aromatic heterocycles. The molecule has 0 spiro atoms. The second-order valence-corrected chi connectivity index (χ2v) is 6.08. The van der Waals surface area contributed by atoms with Crippen molar-refractivity contribution in [3.8, 4) is 5.82 Å². The van der Waals surface area contributed by atoms with Crippen molar-refractivity contribution in [3.05, 3.63) is 48.2 Å². The summed E-state index contributed by atoms with van der Waals surface area (Å²) in [5.41, 5.74) is 2.19. The fourth-order valence-electron chi connectivity index (χ4n) is 3.01. The van der Waals surface area contributed by atoms with Gasteiger partial charge in [-0.1, -0.05) is 0 Å². The number of hydrogen-bond donors (Lipinski definition) is 0. The van der Waals surface area contributed by atoms with Crippen molar-refractivity contribution >= 4 is 11.6 Å². The minimum atomic E-state index is 0.722. The van der Waals surface area contributed by atoms with Gasteiger partial charge in [0.1, 0.15) is 12.1 Å². The molecule has 0 aromatic carbocycles. The monoisotopic (exact) mass is 336 g/mol. The molecule has 4 rings (SSSR count). The quantitative estimate of drug-likeness (QED) is 0.715. The maximum Gasteiger partial charge on any atom is 0.175 e. The Kier molecular flexibility index (Phi) is 4.01. The van der Waals surface area contributed by atoms with E-state index in [1.54, 1.807) is 17.2 Å². The van der Waals surface area contributed by atoms with Gasteiger partial charge < -0.3 is 9.80 Å². The summed E-state index contributed by atoms with van der Waals surface area (Å²) in [5, 5.41) is 12.8. The summed E-state index contributed by atoms with van der Waals surface area (Å²) in [7, 11) is 0. The average Bonchev–Trinajstić information content (AvgIpc) is 3.19. The Morgan fingerprint density at radius 2 is 1.60 bits per heavy atom. The van der Waals surface area contributed by atoms with Crippen LogP contribution >= 0.6 is 0 Å². The first kappa shape index (κ1) is 15.5. The van der Waals surface area contributed by atoms with Crippen LogP contribution in [0.25, 0.3) is 5.82 Å². The van der Waals surface area contributed by atoms with Crippen molar-refractivity contribution < 1.29 is 0 Å². The fourth-order valence-corrected chi connectivity index (χ4v) is 3.01. The lowest BCUT2D eigenvalue weighted by molar-refractivity contribution is 0.634. The van der Waals surface area contributed by atoms with Crippen LogP contribution in [-0.4, -0.2) is 56.1 Å². The van der Waals surface area contributed by atoms with E-state index in [1.165, 1.54) is 0 Å². The molecular formula is C17H20N8.